The fraction of sp³-hybridized carbons (Fsp3) is 0.500. The topological polar surface area (TPSA) is 49.3 Å². The Morgan fingerprint density at radius 3 is 2.62 bits per heavy atom. The minimum Gasteiger partial charge on any atom is -0.508 e. The van der Waals surface area contributed by atoms with Gasteiger partial charge in [0.15, 0.2) is 0 Å². The van der Waals surface area contributed by atoms with E-state index in [1.165, 1.54) is 12.1 Å². The van der Waals surface area contributed by atoms with Crippen LogP contribution in [-0.2, 0) is 4.79 Å². The van der Waals surface area contributed by atoms with Crippen molar-refractivity contribution in [3.8, 4) is 5.75 Å². The summed E-state index contributed by atoms with van der Waals surface area (Å²) in [5.74, 6) is -3.99. The molecule has 21 heavy (non-hydrogen) atoms. The second-order valence-electron chi connectivity index (χ2n) is 5.26. The molecule has 3 nitrogen and oxygen atoms in total. The van der Waals surface area contributed by atoms with Gasteiger partial charge in [-0.3, -0.25) is 4.79 Å². The van der Waals surface area contributed by atoms with Crippen LogP contribution < -0.4 is 5.32 Å². The first-order valence-electron chi connectivity index (χ1n) is 6.63. The summed E-state index contributed by atoms with van der Waals surface area (Å²) in [4.78, 5) is 12.0. The van der Waals surface area contributed by atoms with Crippen molar-refractivity contribution < 1.29 is 27.5 Å². The first-order valence-corrected chi connectivity index (χ1v) is 6.63. The van der Waals surface area contributed by atoms with Gasteiger partial charge in [0.05, 0.1) is 11.6 Å². The molecule has 2 rings (SSSR count). The number of alkyl halides is 3. The third-order valence-electron chi connectivity index (χ3n) is 3.72. The van der Waals surface area contributed by atoms with Crippen molar-refractivity contribution in [3.63, 3.8) is 0 Å². The van der Waals surface area contributed by atoms with Crippen LogP contribution in [0.1, 0.15) is 25.7 Å². The van der Waals surface area contributed by atoms with Crippen LogP contribution >= 0.6 is 0 Å². The van der Waals surface area contributed by atoms with E-state index in [0.29, 0.717) is 12.8 Å². The predicted octanol–water partition coefficient (Wildman–Crippen LogP) is 3.84. The summed E-state index contributed by atoms with van der Waals surface area (Å²) in [5.41, 5.74) is -0.146. The monoisotopic (exact) mass is 305 g/mol. The lowest BCUT2D eigenvalue weighted by Gasteiger charge is -2.29. The molecule has 0 heterocycles. The number of hydrogen-bond donors (Lipinski definition) is 2. The number of anilines is 1. The molecule has 1 aromatic rings. The lowest BCUT2D eigenvalue weighted by Crippen LogP contribution is -2.34. The van der Waals surface area contributed by atoms with Gasteiger partial charge in [0.1, 0.15) is 11.6 Å². The fourth-order valence-electron chi connectivity index (χ4n) is 2.57. The maximum absolute atomic E-state index is 13.5. The molecule has 116 valence electrons. The first-order chi connectivity index (χ1) is 9.77. The second-order valence-corrected chi connectivity index (χ2v) is 5.26. The number of nitrogens with one attached hydrogen (secondary N) is 1. The molecule has 1 aromatic carbocycles. The summed E-state index contributed by atoms with van der Waals surface area (Å²) in [6, 6.07) is 3.19. The van der Waals surface area contributed by atoms with Gasteiger partial charge in [-0.15, -0.1) is 0 Å². The number of phenolic OH excluding ortho intramolecular Hbond substituents is 1. The normalized spacial score (nSPS) is 22.9. The average molecular weight is 305 g/mol. The highest BCUT2D eigenvalue weighted by molar-refractivity contribution is 5.92. The molecule has 2 atom stereocenters. The van der Waals surface area contributed by atoms with Crippen molar-refractivity contribution in [1.82, 2.24) is 0 Å². The Bertz CT molecular complexity index is 530. The Morgan fingerprint density at radius 1 is 1.29 bits per heavy atom. The number of rotatable bonds is 2. The third-order valence-corrected chi connectivity index (χ3v) is 3.72. The van der Waals surface area contributed by atoms with Crippen molar-refractivity contribution in [2.24, 2.45) is 11.8 Å². The molecule has 0 radical (unpaired) electrons. The van der Waals surface area contributed by atoms with E-state index < -0.39 is 29.7 Å². The third kappa shape index (κ3) is 3.86. The number of amides is 1. The number of benzene rings is 1. The molecular weight excluding hydrogens is 290 g/mol. The molecular formula is C14H15F4NO2. The first kappa shape index (κ1) is 15.6. The van der Waals surface area contributed by atoms with Crippen LogP contribution in [0.25, 0.3) is 0 Å². The van der Waals surface area contributed by atoms with Gasteiger partial charge in [0, 0.05) is 12.0 Å². The summed E-state index contributed by atoms with van der Waals surface area (Å²) in [6.45, 7) is 0. The van der Waals surface area contributed by atoms with Gasteiger partial charge in [-0.1, -0.05) is 6.42 Å². The molecule has 1 saturated carbocycles. The van der Waals surface area contributed by atoms with Crippen LogP contribution in [0, 0.1) is 17.7 Å². The van der Waals surface area contributed by atoms with E-state index in [4.69, 9.17) is 5.11 Å². The second kappa shape index (κ2) is 5.91. The molecule has 2 N–H and O–H groups in total. The fourth-order valence-corrected chi connectivity index (χ4v) is 2.57. The van der Waals surface area contributed by atoms with E-state index in [2.05, 4.69) is 5.32 Å². The largest absolute Gasteiger partial charge is 0.508 e. The molecule has 1 fully saturated rings. The maximum atomic E-state index is 13.5. The Balaban J connectivity index is 2.03. The summed E-state index contributed by atoms with van der Waals surface area (Å²) in [6.07, 6.45) is -3.86. The van der Waals surface area contributed by atoms with Gasteiger partial charge in [0.2, 0.25) is 5.91 Å². The summed E-state index contributed by atoms with van der Waals surface area (Å²) >= 11 is 0. The van der Waals surface area contributed by atoms with E-state index in [0.717, 1.165) is 6.07 Å². The highest BCUT2D eigenvalue weighted by atomic mass is 19.4. The number of aromatic hydroxyl groups is 1. The molecule has 2 unspecified atom stereocenters. The van der Waals surface area contributed by atoms with Crippen molar-refractivity contribution >= 4 is 11.6 Å². The Kier molecular flexibility index (Phi) is 4.39. The number of phenols is 1. The zero-order valence-electron chi connectivity index (χ0n) is 11.1. The van der Waals surface area contributed by atoms with Crippen LogP contribution in [0.4, 0.5) is 23.2 Å². The summed E-state index contributed by atoms with van der Waals surface area (Å²) < 4.78 is 51.6. The molecule has 7 heteroatoms. The van der Waals surface area contributed by atoms with Crippen LogP contribution in [0.3, 0.4) is 0 Å². The zero-order valence-corrected chi connectivity index (χ0v) is 11.1. The number of carbonyl (C=O) groups excluding carboxylic acids is 1. The summed E-state index contributed by atoms with van der Waals surface area (Å²) in [7, 11) is 0. The van der Waals surface area contributed by atoms with E-state index in [9.17, 15) is 22.4 Å². The maximum Gasteiger partial charge on any atom is 0.391 e. The van der Waals surface area contributed by atoms with E-state index >= 15 is 0 Å². The molecule has 1 amide bonds. The zero-order chi connectivity index (χ0) is 15.6. The Labute approximate surface area is 119 Å². The lowest BCUT2D eigenvalue weighted by molar-refractivity contribution is -0.185. The van der Waals surface area contributed by atoms with Gasteiger partial charge in [-0.2, -0.15) is 13.2 Å². The van der Waals surface area contributed by atoms with Gasteiger partial charge in [-0.05, 0) is 31.4 Å². The molecule has 1 aliphatic rings. The van der Waals surface area contributed by atoms with Crippen molar-refractivity contribution in [1.29, 1.82) is 0 Å². The predicted molar refractivity (Wildman–Crippen MR) is 68.2 cm³/mol. The lowest BCUT2D eigenvalue weighted by atomic mass is 9.80. The number of hydrogen-bond acceptors (Lipinski definition) is 2. The quantitative estimate of drug-likeness (QED) is 0.644. The summed E-state index contributed by atoms with van der Waals surface area (Å²) in [5, 5.41) is 11.4. The molecule has 1 aliphatic carbocycles. The van der Waals surface area contributed by atoms with Crippen LogP contribution in [0.2, 0.25) is 0 Å². The number of carbonyl (C=O) groups is 1. The van der Waals surface area contributed by atoms with Crippen molar-refractivity contribution in [2.45, 2.75) is 31.9 Å². The van der Waals surface area contributed by atoms with Gasteiger partial charge in [0.25, 0.3) is 0 Å². The van der Waals surface area contributed by atoms with Crippen LogP contribution in [-0.4, -0.2) is 17.2 Å². The molecule has 0 aliphatic heterocycles. The standard InChI is InChI=1S/C14H15F4NO2/c15-11-7-10(20)4-5-12(11)19-13(21)8-2-1-3-9(6-8)14(16,17)18/h4-5,7-9,20H,1-3,6H2,(H,19,21). The smallest absolute Gasteiger partial charge is 0.391 e. The van der Waals surface area contributed by atoms with Gasteiger partial charge in [-0.25, -0.2) is 4.39 Å². The van der Waals surface area contributed by atoms with E-state index in [1.807, 2.05) is 0 Å². The van der Waals surface area contributed by atoms with E-state index in [-0.39, 0.29) is 24.3 Å². The van der Waals surface area contributed by atoms with Gasteiger partial charge >= 0.3 is 6.18 Å². The van der Waals surface area contributed by atoms with Crippen LogP contribution in [0.15, 0.2) is 18.2 Å². The van der Waals surface area contributed by atoms with Crippen molar-refractivity contribution in [3.05, 3.63) is 24.0 Å². The molecule has 0 saturated heterocycles. The highest BCUT2D eigenvalue weighted by Crippen LogP contribution is 2.40. The molecule has 0 spiro atoms. The number of halogens is 4. The van der Waals surface area contributed by atoms with Gasteiger partial charge < -0.3 is 10.4 Å². The minimum atomic E-state index is -4.30. The SMILES string of the molecule is O=C(Nc1ccc(O)cc1F)C1CCCC(C(F)(F)F)C1. The minimum absolute atomic E-state index is 0.0286. The Morgan fingerprint density at radius 2 is 2.00 bits per heavy atom. The average Bonchev–Trinajstić information content (AvgIpc) is 2.41. The molecule has 0 bridgehead atoms. The molecule has 0 aromatic heterocycles. The van der Waals surface area contributed by atoms with E-state index in [1.54, 1.807) is 0 Å². The highest BCUT2D eigenvalue weighted by Gasteiger charge is 2.43. The van der Waals surface area contributed by atoms with Crippen LogP contribution in [0.5, 0.6) is 5.75 Å². The van der Waals surface area contributed by atoms with Crippen molar-refractivity contribution in [2.75, 3.05) is 5.32 Å². The Hall–Kier alpha value is -1.79.